The van der Waals surface area contributed by atoms with Gasteiger partial charge in [0.2, 0.25) is 0 Å². The van der Waals surface area contributed by atoms with E-state index < -0.39 is 0 Å². The summed E-state index contributed by atoms with van der Waals surface area (Å²) in [5.74, 6) is 0. The molecule has 3 heteroatoms. The van der Waals surface area contributed by atoms with Gasteiger partial charge in [0.05, 0.1) is 5.69 Å². The average molecular weight is 295 g/mol. The Hall–Kier alpha value is -0.540. The Morgan fingerprint density at radius 3 is 2.35 bits per heavy atom. The molecular formula is C14H19BrN2. The van der Waals surface area contributed by atoms with Gasteiger partial charge in [0, 0.05) is 23.1 Å². The van der Waals surface area contributed by atoms with Crippen LogP contribution in [0.1, 0.15) is 37.7 Å². The van der Waals surface area contributed by atoms with Gasteiger partial charge in [-0.3, -0.25) is 0 Å². The van der Waals surface area contributed by atoms with Gasteiger partial charge in [0.25, 0.3) is 0 Å². The van der Waals surface area contributed by atoms with Crippen LogP contribution in [0.2, 0.25) is 0 Å². The van der Waals surface area contributed by atoms with E-state index in [4.69, 9.17) is 5.73 Å². The van der Waals surface area contributed by atoms with E-state index in [0.29, 0.717) is 0 Å². The highest BCUT2D eigenvalue weighted by atomic mass is 79.9. The SMILES string of the molecule is NC1(c2ccc(N3CCCC3)c(Br)c2)CCC1. The van der Waals surface area contributed by atoms with Crippen molar-refractivity contribution in [3.63, 3.8) is 0 Å². The minimum atomic E-state index is -0.0495. The fraction of sp³-hybridized carbons (Fsp3) is 0.571. The molecule has 0 bridgehead atoms. The molecule has 3 rings (SSSR count). The third-order valence-electron chi connectivity index (χ3n) is 4.22. The zero-order valence-corrected chi connectivity index (χ0v) is 11.7. The maximum absolute atomic E-state index is 6.36. The number of anilines is 1. The molecule has 1 aliphatic carbocycles. The first-order chi connectivity index (χ1) is 8.19. The van der Waals surface area contributed by atoms with Gasteiger partial charge in [-0.1, -0.05) is 6.07 Å². The van der Waals surface area contributed by atoms with Crippen LogP contribution >= 0.6 is 15.9 Å². The molecule has 0 amide bonds. The predicted octanol–water partition coefficient (Wildman–Crippen LogP) is 3.39. The normalized spacial score (nSPS) is 22.6. The standard InChI is InChI=1S/C14H19BrN2/c15-12-10-11(14(16)6-3-7-14)4-5-13(12)17-8-1-2-9-17/h4-5,10H,1-3,6-9,16H2. The first-order valence-electron chi connectivity index (χ1n) is 6.53. The van der Waals surface area contributed by atoms with E-state index in [0.717, 1.165) is 12.8 Å². The summed E-state index contributed by atoms with van der Waals surface area (Å²) in [6, 6.07) is 6.68. The summed E-state index contributed by atoms with van der Waals surface area (Å²) in [7, 11) is 0. The summed E-state index contributed by atoms with van der Waals surface area (Å²) in [6.07, 6.45) is 6.15. The minimum absolute atomic E-state index is 0.0495. The van der Waals surface area contributed by atoms with Gasteiger partial charge in [0.15, 0.2) is 0 Å². The van der Waals surface area contributed by atoms with Crippen molar-refractivity contribution in [1.82, 2.24) is 0 Å². The largest absolute Gasteiger partial charge is 0.371 e. The van der Waals surface area contributed by atoms with Crippen molar-refractivity contribution in [3.05, 3.63) is 28.2 Å². The number of nitrogens with two attached hydrogens (primary N) is 1. The lowest BCUT2D eigenvalue weighted by Gasteiger charge is -2.39. The van der Waals surface area contributed by atoms with Crippen LogP contribution in [0, 0.1) is 0 Å². The molecule has 0 atom stereocenters. The second kappa shape index (κ2) is 4.29. The molecule has 1 aromatic carbocycles. The second-order valence-electron chi connectivity index (χ2n) is 5.37. The van der Waals surface area contributed by atoms with Crippen molar-refractivity contribution in [2.45, 2.75) is 37.6 Å². The molecule has 1 saturated heterocycles. The summed E-state index contributed by atoms with van der Waals surface area (Å²) in [5.41, 5.74) is 8.93. The molecule has 1 saturated carbocycles. The maximum Gasteiger partial charge on any atom is 0.0510 e. The Kier molecular flexibility index (Phi) is 2.91. The molecule has 0 aromatic heterocycles. The predicted molar refractivity (Wildman–Crippen MR) is 75.3 cm³/mol. The van der Waals surface area contributed by atoms with Crippen molar-refractivity contribution < 1.29 is 0 Å². The van der Waals surface area contributed by atoms with Crippen LogP contribution in [0.4, 0.5) is 5.69 Å². The van der Waals surface area contributed by atoms with Crippen LogP contribution in [0.5, 0.6) is 0 Å². The zero-order valence-electron chi connectivity index (χ0n) is 10.1. The van der Waals surface area contributed by atoms with E-state index in [1.165, 1.54) is 48.1 Å². The fourth-order valence-corrected chi connectivity index (χ4v) is 3.51. The minimum Gasteiger partial charge on any atom is -0.371 e. The molecule has 2 aliphatic rings. The van der Waals surface area contributed by atoms with Gasteiger partial charge < -0.3 is 10.6 Å². The molecule has 0 unspecified atom stereocenters. The molecule has 2 N–H and O–H groups in total. The third kappa shape index (κ3) is 2.00. The lowest BCUT2D eigenvalue weighted by molar-refractivity contribution is 0.253. The highest BCUT2D eigenvalue weighted by Gasteiger charge is 2.34. The van der Waals surface area contributed by atoms with Crippen LogP contribution in [-0.2, 0) is 5.54 Å². The molecule has 92 valence electrons. The van der Waals surface area contributed by atoms with Crippen LogP contribution in [0.25, 0.3) is 0 Å². The number of halogens is 1. The maximum atomic E-state index is 6.36. The fourth-order valence-electron chi connectivity index (χ4n) is 2.88. The van der Waals surface area contributed by atoms with Crippen molar-refractivity contribution in [2.24, 2.45) is 5.73 Å². The van der Waals surface area contributed by atoms with Gasteiger partial charge in [-0.05, 0) is 65.7 Å². The Balaban J connectivity index is 1.88. The van der Waals surface area contributed by atoms with Crippen molar-refractivity contribution in [3.8, 4) is 0 Å². The third-order valence-corrected chi connectivity index (χ3v) is 4.85. The van der Waals surface area contributed by atoms with E-state index >= 15 is 0 Å². The molecule has 2 fully saturated rings. The Morgan fingerprint density at radius 2 is 1.82 bits per heavy atom. The Bertz CT molecular complexity index is 420. The van der Waals surface area contributed by atoms with Crippen LogP contribution in [0.3, 0.4) is 0 Å². The van der Waals surface area contributed by atoms with Gasteiger partial charge in [-0.15, -0.1) is 0 Å². The molecule has 0 spiro atoms. The summed E-state index contributed by atoms with van der Waals surface area (Å²) in [6.45, 7) is 2.37. The molecule has 0 radical (unpaired) electrons. The monoisotopic (exact) mass is 294 g/mol. The molecular weight excluding hydrogens is 276 g/mol. The van der Waals surface area contributed by atoms with E-state index in [9.17, 15) is 0 Å². The van der Waals surface area contributed by atoms with E-state index in [-0.39, 0.29) is 5.54 Å². The molecule has 1 aliphatic heterocycles. The number of hydrogen-bond acceptors (Lipinski definition) is 2. The molecule has 2 nitrogen and oxygen atoms in total. The van der Waals surface area contributed by atoms with E-state index in [2.05, 4.69) is 39.0 Å². The highest BCUT2D eigenvalue weighted by molar-refractivity contribution is 9.10. The number of nitrogens with zero attached hydrogens (tertiary/aromatic N) is 1. The first kappa shape index (κ1) is 11.5. The highest BCUT2D eigenvalue weighted by Crippen LogP contribution is 2.41. The smallest absolute Gasteiger partial charge is 0.0510 e. The topological polar surface area (TPSA) is 29.3 Å². The van der Waals surface area contributed by atoms with Crippen molar-refractivity contribution >= 4 is 21.6 Å². The summed E-state index contributed by atoms with van der Waals surface area (Å²) < 4.78 is 1.20. The molecule has 1 aromatic rings. The van der Waals surface area contributed by atoms with E-state index in [1.54, 1.807) is 0 Å². The van der Waals surface area contributed by atoms with Crippen molar-refractivity contribution in [1.29, 1.82) is 0 Å². The van der Waals surface area contributed by atoms with E-state index in [1.807, 2.05) is 0 Å². The summed E-state index contributed by atoms with van der Waals surface area (Å²) in [4.78, 5) is 2.46. The Labute approximate surface area is 111 Å². The van der Waals surface area contributed by atoms with Crippen LogP contribution in [-0.4, -0.2) is 13.1 Å². The first-order valence-corrected chi connectivity index (χ1v) is 7.32. The molecule has 17 heavy (non-hydrogen) atoms. The number of rotatable bonds is 2. The van der Waals surface area contributed by atoms with Crippen LogP contribution in [0.15, 0.2) is 22.7 Å². The summed E-state index contributed by atoms with van der Waals surface area (Å²) in [5, 5.41) is 0. The lowest BCUT2D eigenvalue weighted by Crippen LogP contribution is -2.43. The average Bonchev–Trinajstić information content (AvgIpc) is 2.79. The van der Waals surface area contributed by atoms with Crippen LogP contribution < -0.4 is 10.6 Å². The van der Waals surface area contributed by atoms with Gasteiger partial charge in [-0.2, -0.15) is 0 Å². The van der Waals surface area contributed by atoms with Gasteiger partial charge in [-0.25, -0.2) is 0 Å². The Morgan fingerprint density at radius 1 is 1.12 bits per heavy atom. The quantitative estimate of drug-likeness (QED) is 0.906. The van der Waals surface area contributed by atoms with Gasteiger partial charge in [0.1, 0.15) is 0 Å². The second-order valence-corrected chi connectivity index (χ2v) is 6.22. The van der Waals surface area contributed by atoms with Gasteiger partial charge >= 0.3 is 0 Å². The lowest BCUT2D eigenvalue weighted by atomic mass is 9.73. The number of benzene rings is 1. The number of hydrogen-bond donors (Lipinski definition) is 1. The molecule has 1 heterocycles. The zero-order chi connectivity index (χ0) is 11.9. The summed E-state index contributed by atoms with van der Waals surface area (Å²) >= 11 is 3.71. The van der Waals surface area contributed by atoms with Crippen molar-refractivity contribution in [2.75, 3.05) is 18.0 Å².